The average molecular weight is 480 g/mol. The third-order valence-corrected chi connectivity index (χ3v) is 5.25. The molecule has 26 heavy (non-hydrogen) atoms. The van der Waals surface area contributed by atoms with E-state index in [1.807, 2.05) is 18.2 Å². The molecule has 2 heterocycles. The Kier molecular flexibility index (Phi) is 6.04. The number of ether oxygens (including phenoxy) is 2. The Morgan fingerprint density at radius 3 is 2.92 bits per heavy atom. The lowest BCUT2D eigenvalue weighted by atomic mass is 10.1. The van der Waals surface area contributed by atoms with Gasteiger partial charge in [0.1, 0.15) is 43.1 Å². The normalized spacial score (nSPS) is 15.1. The van der Waals surface area contributed by atoms with Gasteiger partial charge in [0, 0.05) is 22.0 Å². The molecule has 0 radical (unpaired) electrons. The maximum Gasteiger partial charge on any atom is 0.244 e. The molecule has 0 saturated heterocycles. The van der Waals surface area contributed by atoms with Gasteiger partial charge in [0.2, 0.25) is 6.33 Å². The largest absolute Gasteiger partial charge is 1.00 e. The molecule has 136 valence electrons. The molecule has 2 aromatic carbocycles. The lowest BCUT2D eigenvalue weighted by Crippen LogP contribution is -3.00. The van der Waals surface area contributed by atoms with Crippen LogP contribution in [-0.4, -0.2) is 17.8 Å². The van der Waals surface area contributed by atoms with Crippen molar-refractivity contribution in [2.75, 3.05) is 7.11 Å². The van der Waals surface area contributed by atoms with Gasteiger partial charge in [-0.25, -0.2) is 9.13 Å². The maximum atomic E-state index is 6.06. The zero-order valence-electron chi connectivity index (χ0n) is 14.4. The smallest absolute Gasteiger partial charge is 0.244 e. The molecule has 0 bridgehead atoms. The predicted molar refractivity (Wildman–Crippen MR) is 99.0 cm³/mol. The second kappa shape index (κ2) is 8.27. The Balaban J connectivity index is 0.00000196. The van der Waals surface area contributed by atoms with Gasteiger partial charge >= 0.3 is 0 Å². The first kappa shape index (κ1) is 19.0. The van der Waals surface area contributed by atoms with Gasteiger partial charge in [0.05, 0.1) is 7.11 Å². The van der Waals surface area contributed by atoms with E-state index in [-0.39, 0.29) is 23.1 Å². The van der Waals surface area contributed by atoms with Gasteiger partial charge in [-0.15, -0.1) is 0 Å². The summed E-state index contributed by atoms with van der Waals surface area (Å²) in [6.45, 7) is 1.68. The van der Waals surface area contributed by atoms with E-state index in [2.05, 4.69) is 68.1 Å². The van der Waals surface area contributed by atoms with Crippen molar-refractivity contribution in [1.82, 2.24) is 4.57 Å². The van der Waals surface area contributed by atoms with E-state index in [0.29, 0.717) is 0 Å². The Morgan fingerprint density at radius 2 is 2.12 bits per heavy atom. The molecule has 1 aliphatic rings. The molecule has 1 aromatic heterocycles. The molecule has 3 aromatic rings. The molecule has 1 atom stereocenters. The summed E-state index contributed by atoms with van der Waals surface area (Å²) in [7, 11) is 1.69. The molecule has 0 N–H and O–H groups in total. The topological polar surface area (TPSA) is 27.3 Å². The third kappa shape index (κ3) is 4.13. The molecule has 0 aliphatic carbocycles. The second-order valence-corrected chi connectivity index (χ2v) is 7.15. The van der Waals surface area contributed by atoms with Crippen LogP contribution in [0.5, 0.6) is 11.5 Å². The van der Waals surface area contributed by atoms with E-state index < -0.39 is 0 Å². The van der Waals surface area contributed by atoms with Crippen LogP contribution < -0.4 is 31.0 Å². The zero-order chi connectivity index (χ0) is 17.2. The molecule has 0 saturated carbocycles. The van der Waals surface area contributed by atoms with Gasteiger partial charge in [0.25, 0.3) is 0 Å². The molecule has 1 unspecified atom stereocenters. The van der Waals surface area contributed by atoms with E-state index in [4.69, 9.17) is 9.47 Å². The summed E-state index contributed by atoms with van der Waals surface area (Å²) in [5.74, 6) is 1.86. The number of aromatic nitrogens is 2. The molecule has 0 spiro atoms. The number of imidazole rings is 1. The van der Waals surface area contributed by atoms with Gasteiger partial charge < -0.3 is 26.5 Å². The van der Waals surface area contributed by atoms with Crippen LogP contribution in [0.15, 0.2) is 65.7 Å². The lowest BCUT2D eigenvalue weighted by molar-refractivity contribution is -0.688. The number of rotatable bonds is 5. The van der Waals surface area contributed by atoms with Crippen LogP contribution in [0.3, 0.4) is 0 Å². The zero-order valence-corrected chi connectivity index (χ0v) is 17.6. The summed E-state index contributed by atoms with van der Waals surface area (Å²) in [5, 5.41) is 0. The number of benzene rings is 2. The van der Waals surface area contributed by atoms with Gasteiger partial charge in [0.15, 0.2) is 0 Å². The van der Waals surface area contributed by atoms with E-state index in [9.17, 15) is 0 Å². The summed E-state index contributed by atoms with van der Waals surface area (Å²) in [5.41, 5.74) is 2.49. The number of halogens is 2. The SMILES string of the molecule is COc1ccc2c(c1)CC(Cn1cc[n+](Cc3ccccc3Br)c1)O2.[Br-]. The van der Waals surface area contributed by atoms with E-state index in [1.54, 1.807) is 7.11 Å². The van der Waals surface area contributed by atoms with Crippen molar-refractivity contribution in [3.63, 3.8) is 0 Å². The number of hydrogen-bond acceptors (Lipinski definition) is 2. The third-order valence-electron chi connectivity index (χ3n) is 4.48. The van der Waals surface area contributed by atoms with Crippen LogP contribution in [0.1, 0.15) is 11.1 Å². The Labute approximate surface area is 172 Å². The van der Waals surface area contributed by atoms with Crippen molar-refractivity contribution < 1.29 is 31.0 Å². The van der Waals surface area contributed by atoms with Crippen molar-refractivity contribution in [2.45, 2.75) is 25.6 Å². The summed E-state index contributed by atoms with van der Waals surface area (Å²) in [6, 6.07) is 14.3. The summed E-state index contributed by atoms with van der Waals surface area (Å²) in [6.07, 6.45) is 7.40. The fourth-order valence-electron chi connectivity index (χ4n) is 3.22. The number of fused-ring (bicyclic) bond motifs is 1. The van der Waals surface area contributed by atoms with Crippen molar-refractivity contribution in [2.24, 2.45) is 0 Å². The molecule has 6 heteroatoms. The highest BCUT2D eigenvalue weighted by Crippen LogP contribution is 2.32. The molecular weight excluding hydrogens is 460 g/mol. The van der Waals surface area contributed by atoms with E-state index in [1.165, 1.54) is 11.1 Å². The van der Waals surface area contributed by atoms with Crippen LogP contribution in [-0.2, 0) is 19.5 Å². The van der Waals surface area contributed by atoms with Crippen molar-refractivity contribution in [3.05, 3.63) is 76.8 Å². The van der Waals surface area contributed by atoms with E-state index in [0.717, 1.165) is 35.5 Å². The fourth-order valence-corrected chi connectivity index (χ4v) is 3.63. The first-order valence-corrected chi connectivity index (χ1v) is 9.12. The van der Waals surface area contributed by atoms with Gasteiger partial charge in [-0.3, -0.25) is 0 Å². The Bertz CT molecular complexity index is 895. The standard InChI is InChI=1S/C20H20BrN2O2.BrH/c1-24-17-6-7-20-16(10-17)11-18(25-20)13-23-9-8-22(14-23)12-15-4-2-3-5-19(15)21;/h2-10,14,18H,11-13H2,1H3;1H/q+1;/p-1. The first-order valence-electron chi connectivity index (χ1n) is 8.33. The molecule has 0 amide bonds. The minimum Gasteiger partial charge on any atom is -1.00 e. The number of hydrogen-bond donors (Lipinski definition) is 0. The molecule has 0 fully saturated rings. The number of nitrogens with zero attached hydrogens (tertiary/aromatic N) is 2. The van der Waals surface area contributed by atoms with Gasteiger partial charge in [-0.2, -0.15) is 0 Å². The van der Waals surface area contributed by atoms with Crippen LogP contribution in [0.4, 0.5) is 0 Å². The highest BCUT2D eigenvalue weighted by atomic mass is 79.9. The van der Waals surface area contributed by atoms with E-state index >= 15 is 0 Å². The second-order valence-electron chi connectivity index (χ2n) is 6.29. The summed E-state index contributed by atoms with van der Waals surface area (Å²) < 4.78 is 16.9. The quantitative estimate of drug-likeness (QED) is 0.501. The Hall–Kier alpha value is -1.79. The lowest BCUT2D eigenvalue weighted by Gasteiger charge is -2.07. The van der Waals surface area contributed by atoms with Crippen LogP contribution in [0, 0.1) is 0 Å². The van der Waals surface area contributed by atoms with Crippen molar-refractivity contribution in [1.29, 1.82) is 0 Å². The van der Waals surface area contributed by atoms with Crippen molar-refractivity contribution in [3.8, 4) is 11.5 Å². The van der Waals surface area contributed by atoms with Gasteiger partial charge in [-0.1, -0.05) is 34.1 Å². The monoisotopic (exact) mass is 478 g/mol. The summed E-state index contributed by atoms with van der Waals surface area (Å²) >= 11 is 3.61. The maximum absolute atomic E-state index is 6.06. The fraction of sp³-hybridized carbons (Fsp3) is 0.250. The summed E-state index contributed by atoms with van der Waals surface area (Å²) in [4.78, 5) is 0. The molecule has 4 nitrogen and oxygen atoms in total. The average Bonchev–Trinajstić information content (AvgIpc) is 3.22. The van der Waals surface area contributed by atoms with Crippen LogP contribution in [0.25, 0.3) is 0 Å². The molecule has 1 aliphatic heterocycles. The predicted octanol–water partition coefficient (Wildman–Crippen LogP) is 0.603. The molecular formula is C20H20Br2N2O2. The molecule has 4 rings (SSSR count). The minimum atomic E-state index is 0. The van der Waals surface area contributed by atoms with Crippen LogP contribution >= 0.6 is 15.9 Å². The van der Waals surface area contributed by atoms with Crippen molar-refractivity contribution >= 4 is 15.9 Å². The highest BCUT2D eigenvalue weighted by molar-refractivity contribution is 9.10. The minimum absolute atomic E-state index is 0. The van der Waals surface area contributed by atoms with Crippen LogP contribution in [0.2, 0.25) is 0 Å². The number of methoxy groups -OCH3 is 1. The first-order chi connectivity index (χ1) is 12.2. The Morgan fingerprint density at radius 1 is 1.27 bits per heavy atom. The van der Waals surface area contributed by atoms with Gasteiger partial charge in [-0.05, 0) is 24.3 Å². The highest BCUT2D eigenvalue weighted by Gasteiger charge is 2.25.